The van der Waals surface area contributed by atoms with Gasteiger partial charge in [0.15, 0.2) is 0 Å². The van der Waals surface area contributed by atoms with E-state index in [1.54, 1.807) is 18.1 Å². The van der Waals surface area contributed by atoms with Crippen LogP contribution in [0.2, 0.25) is 0 Å². The number of H-pyrrole nitrogens is 1. The maximum atomic E-state index is 5.14. The van der Waals surface area contributed by atoms with E-state index in [-0.39, 0.29) is 0 Å². The summed E-state index contributed by atoms with van der Waals surface area (Å²) in [6.45, 7) is 4.06. The first-order chi connectivity index (χ1) is 5.25. The van der Waals surface area contributed by atoms with Gasteiger partial charge in [0.1, 0.15) is 5.69 Å². The van der Waals surface area contributed by atoms with Crippen molar-refractivity contribution >= 4 is 28.2 Å². The van der Waals surface area contributed by atoms with Crippen LogP contribution in [-0.4, -0.2) is 19.9 Å². The predicted molar refractivity (Wildman–Crippen MR) is 53.2 cm³/mol. The standard InChI is InChI=1S/C7H10N2S2/c1-3-11-7(10)6-5(2)8-4-9-6/h4H,3H2,1-2H3,(H,8,9). The highest BCUT2D eigenvalue weighted by atomic mass is 32.2. The van der Waals surface area contributed by atoms with Crippen LogP contribution >= 0.6 is 24.0 Å². The van der Waals surface area contributed by atoms with Gasteiger partial charge in [0.25, 0.3) is 0 Å². The van der Waals surface area contributed by atoms with E-state index in [0.29, 0.717) is 0 Å². The molecule has 1 N–H and O–H groups in total. The van der Waals surface area contributed by atoms with Crippen molar-refractivity contribution < 1.29 is 0 Å². The Hall–Kier alpha value is -0.350. The smallest absolute Gasteiger partial charge is 0.108 e. The number of hydrogen-bond donors (Lipinski definition) is 1. The molecule has 0 aliphatic rings. The molecule has 0 aliphatic heterocycles. The van der Waals surface area contributed by atoms with E-state index in [0.717, 1.165) is 21.3 Å². The molecule has 1 rings (SSSR count). The molecule has 2 nitrogen and oxygen atoms in total. The number of thioether (sulfide) groups is 1. The Labute approximate surface area is 75.8 Å². The third-order valence-electron chi connectivity index (χ3n) is 1.30. The average molecular weight is 186 g/mol. The van der Waals surface area contributed by atoms with E-state index in [1.165, 1.54) is 0 Å². The zero-order valence-electron chi connectivity index (χ0n) is 6.55. The predicted octanol–water partition coefficient (Wildman–Crippen LogP) is 2.15. The minimum Gasteiger partial charge on any atom is -0.348 e. The molecule has 1 aromatic rings. The van der Waals surface area contributed by atoms with Crippen molar-refractivity contribution in [3.63, 3.8) is 0 Å². The average Bonchev–Trinajstić information content (AvgIpc) is 2.36. The molecule has 0 saturated carbocycles. The monoisotopic (exact) mass is 186 g/mol. The number of aromatic amines is 1. The zero-order valence-corrected chi connectivity index (χ0v) is 8.18. The first-order valence-electron chi connectivity index (χ1n) is 3.42. The molecule has 1 heterocycles. The summed E-state index contributed by atoms with van der Waals surface area (Å²) < 4.78 is 0.881. The summed E-state index contributed by atoms with van der Waals surface area (Å²) in [6, 6.07) is 0. The molecule has 0 fully saturated rings. The van der Waals surface area contributed by atoms with Crippen LogP contribution in [0, 0.1) is 6.92 Å². The van der Waals surface area contributed by atoms with Gasteiger partial charge in [-0.25, -0.2) is 4.98 Å². The summed E-state index contributed by atoms with van der Waals surface area (Å²) >= 11 is 6.79. The molecule has 0 unspecified atom stereocenters. The number of nitrogens with one attached hydrogen (secondary N) is 1. The lowest BCUT2D eigenvalue weighted by Gasteiger charge is -1.96. The van der Waals surface area contributed by atoms with E-state index in [4.69, 9.17) is 12.2 Å². The summed E-state index contributed by atoms with van der Waals surface area (Å²) in [5.74, 6) is 1.01. The summed E-state index contributed by atoms with van der Waals surface area (Å²) in [6.07, 6.45) is 1.67. The van der Waals surface area contributed by atoms with Gasteiger partial charge in [0.05, 0.1) is 10.5 Å². The second-order valence-corrected chi connectivity index (χ2v) is 4.04. The van der Waals surface area contributed by atoms with Gasteiger partial charge >= 0.3 is 0 Å². The maximum Gasteiger partial charge on any atom is 0.108 e. The van der Waals surface area contributed by atoms with Crippen LogP contribution in [0.5, 0.6) is 0 Å². The van der Waals surface area contributed by atoms with Gasteiger partial charge < -0.3 is 4.98 Å². The number of thiocarbonyl (C=S) groups is 1. The summed E-state index contributed by atoms with van der Waals surface area (Å²) in [4.78, 5) is 7.11. The third-order valence-corrected chi connectivity index (χ3v) is 2.59. The van der Waals surface area contributed by atoms with Crippen LogP contribution in [-0.2, 0) is 0 Å². The largest absolute Gasteiger partial charge is 0.348 e. The Morgan fingerprint density at radius 3 is 3.00 bits per heavy atom. The molecular formula is C7H10N2S2. The van der Waals surface area contributed by atoms with Crippen molar-refractivity contribution in [2.24, 2.45) is 0 Å². The molecule has 0 radical (unpaired) electrons. The minimum atomic E-state index is 0.881. The topological polar surface area (TPSA) is 28.7 Å². The molecule has 0 spiro atoms. The quantitative estimate of drug-likeness (QED) is 0.717. The van der Waals surface area contributed by atoms with E-state index in [1.807, 2.05) is 6.92 Å². The minimum absolute atomic E-state index is 0.881. The number of hydrogen-bond acceptors (Lipinski definition) is 3. The molecule has 0 aromatic carbocycles. The maximum absolute atomic E-state index is 5.14. The lowest BCUT2D eigenvalue weighted by atomic mass is 10.4. The van der Waals surface area contributed by atoms with Crippen LogP contribution in [0.4, 0.5) is 0 Å². The Morgan fingerprint density at radius 1 is 1.82 bits per heavy atom. The van der Waals surface area contributed by atoms with E-state index < -0.39 is 0 Å². The van der Waals surface area contributed by atoms with Crippen molar-refractivity contribution in [2.45, 2.75) is 13.8 Å². The van der Waals surface area contributed by atoms with Crippen molar-refractivity contribution in [3.8, 4) is 0 Å². The van der Waals surface area contributed by atoms with E-state index in [9.17, 15) is 0 Å². The Balaban J connectivity index is 2.76. The lowest BCUT2D eigenvalue weighted by molar-refractivity contribution is 1.25. The lowest BCUT2D eigenvalue weighted by Crippen LogP contribution is -1.94. The summed E-state index contributed by atoms with van der Waals surface area (Å²) in [7, 11) is 0. The van der Waals surface area contributed by atoms with E-state index in [2.05, 4.69) is 16.9 Å². The number of imidazole rings is 1. The summed E-state index contributed by atoms with van der Waals surface area (Å²) in [5.41, 5.74) is 1.97. The molecule has 0 atom stereocenters. The molecular weight excluding hydrogens is 176 g/mol. The Kier molecular flexibility index (Phi) is 3.08. The van der Waals surface area contributed by atoms with Gasteiger partial charge in [0.2, 0.25) is 0 Å². The fourth-order valence-electron chi connectivity index (χ4n) is 0.764. The van der Waals surface area contributed by atoms with Crippen LogP contribution in [0.3, 0.4) is 0 Å². The van der Waals surface area contributed by atoms with Crippen LogP contribution in [0.1, 0.15) is 18.3 Å². The van der Waals surface area contributed by atoms with Crippen LogP contribution < -0.4 is 0 Å². The molecule has 4 heteroatoms. The highest BCUT2D eigenvalue weighted by Crippen LogP contribution is 2.13. The molecule has 60 valence electrons. The van der Waals surface area contributed by atoms with E-state index >= 15 is 0 Å². The molecule has 0 saturated heterocycles. The highest BCUT2D eigenvalue weighted by molar-refractivity contribution is 8.23. The number of nitrogens with zero attached hydrogens (tertiary/aromatic N) is 1. The van der Waals surface area contributed by atoms with Gasteiger partial charge in [-0.3, -0.25) is 0 Å². The molecule has 0 bridgehead atoms. The Bertz CT molecular complexity index is 255. The summed E-state index contributed by atoms with van der Waals surface area (Å²) in [5, 5.41) is 0. The molecule has 0 aliphatic carbocycles. The third kappa shape index (κ3) is 2.04. The van der Waals surface area contributed by atoms with Crippen LogP contribution in [0.15, 0.2) is 6.33 Å². The van der Waals surface area contributed by atoms with Gasteiger partial charge in [-0.2, -0.15) is 0 Å². The first kappa shape index (κ1) is 8.74. The number of aromatic nitrogens is 2. The first-order valence-corrected chi connectivity index (χ1v) is 4.82. The molecule has 0 amide bonds. The molecule has 11 heavy (non-hydrogen) atoms. The second-order valence-electron chi connectivity index (χ2n) is 2.10. The fraction of sp³-hybridized carbons (Fsp3) is 0.429. The fourth-order valence-corrected chi connectivity index (χ4v) is 1.93. The van der Waals surface area contributed by atoms with Crippen molar-refractivity contribution in [2.75, 3.05) is 5.75 Å². The number of rotatable bonds is 2. The highest BCUT2D eigenvalue weighted by Gasteiger charge is 2.05. The number of aryl methyl sites for hydroxylation is 1. The zero-order chi connectivity index (χ0) is 8.27. The van der Waals surface area contributed by atoms with Crippen molar-refractivity contribution in [1.82, 2.24) is 9.97 Å². The SMILES string of the molecule is CCSC(=S)c1nc[nH]c1C. The van der Waals surface area contributed by atoms with Crippen molar-refractivity contribution in [1.29, 1.82) is 0 Å². The van der Waals surface area contributed by atoms with Gasteiger partial charge in [-0.15, -0.1) is 11.8 Å². The van der Waals surface area contributed by atoms with Crippen LogP contribution in [0.25, 0.3) is 0 Å². The second kappa shape index (κ2) is 3.88. The van der Waals surface area contributed by atoms with Gasteiger partial charge in [-0.1, -0.05) is 19.1 Å². The normalized spacial score (nSPS) is 10.0. The van der Waals surface area contributed by atoms with Gasteiger partial charge in [0, 0.05) is 5.69 Å². The Morgan fingerprint density at radius 2 is 2.55 bits per heavy atom. The molecule has 1 aromatic heterocycles. The van der Waals surface area contributed by atoms with Gasteiger partial charge in [-0.05, 0) is 12.7 Å². The van der Waals surface area contributed by atoms with Crippen molar-refractivity contribution in [3.05, 3.63) is 17.7 Å².